The van der Waals surface area contributed by atoms with Gasteiger partial charge >= 0.3 is 0 Å². The monoisotopic (exact) mass is 293 g/mol. The molecule has 0 radical (unpaired) electrons. The molecule has 5 heteroatoms. The second-order valence-corrected chi connectivity index (χ2v) is 7.37. The molecule has 108 valence electrons. The van der Waals surface area contributed by atoms with Gasteiger partial charge in [0.25, 0.3) is 0 Å². The average Bonchev–Trinajstić information content (AvgIpc) is 2.36. The molecule has 1 aliphatic heterocycles. The molecule has 1 aromatic rings. The number of benzene rings is 1. The topological polar surface area (TPSA) is 63.2 Å². The van der Waals surface area contributed by atoms with Gasteiger partial charge in [0.2, 0.25) is 5.91 Å². The number of carbonyl (C=O) groups is 1. The van der Waals surface area contributed by atoms with E-state index in [0.29, 0.717) is 5.57 Å². The van der Waals surface area contributed by atoms with Crippen LogP contribution in [0.3, 0.4) is 0 Å². The number of carbonyl (C=O) groups excluding carboxylic acids is 1. The summed E-state index contributed by atoms with van der Waals surface area (Å²) in [4.78, 5) is 12.3. The quantitative estimate of drug-likeness (QED) is 0.848. The number of aryl methyl sites for hydroxylation is 1. The molecule has 1 heterocycles. The highest BCUT2D eigenvalue weighted by molar-refractivity contribution is 7.93. The molecule has 0 fully saturated rings. The van der Waals surface area contributed by atoms with Crippen molar-refractivity contribution in [1.29, 1.82) is 0 Å². The molecule has 1 amide bonds. The number of rotatable bonds is 2. The van der Waals surface area contributed by atoms with Crippen LogP contribution in [0.2, 0.25) is 0 Å². The fourth-order valence-corrected chi connectivity index (χ4v) is 4.17. The van der Waals surface area contributed by atoms with Crippen molar-refractivity contribution in [2.45, 2.75) is 43.9 Å². The van der Waals surface area contributed by atoms with E-state index in [1.54, 1.807) is 31.2 Å². The summed E-state index contributed by atoms with van der Waals surface area (Å²) in [6.07, 6.45) is 0. The zero-order chi connectivity index (χ0) is 15.1. The molecule has 1 aliphatic rings. The van der Waals surface area contributed by atoms with Crippen molar-refractivity contribution < 1.29 is 13.2 Å². The molecule has 0 saturated carbocycles. The first kappa shape index (κ1) is 14.8. The molecular weight excluding hydrogens is 274 g/mol. The first-order chi connectivity index (χ1) is 9.25. The average molecular weight is 293 g/mol. The molecule has 2 unspecified atom stereocenters. The summed E-state index contributed by atoms with van der Waals surface area (Å²) >= 11 is 0. The highest BCUT2D eigenvalue weighted by Gasteiger charge is 2.40. The van der Waals surface area contributed by atoms with E-state index >= 15 is 0 Å². The molecule has 1 aromatic carbocycles. The fraction of sp³-hybridized carbons (Fsp3) is 0.400. The van der Waals surface area contributed by atoms with Crippen LogP contribution in [-0.4, -0.2) is 25.6 Å². The van der Waals surface area contributed by atoms with Gasteiger partial charge in [-0.15, -0.1) is 0 Å². The van der Waals surface area contributed by atoms with E-state index in [-0.39, 0.29) is 10.9 Å². The Morgan fingerprint density at radius 3 is 2.10 bits per heavy atom. The molecule has 4 nitrogen and oxygen atoms in total. The number of amides is 1. The Hall–Kier alpha value is -1.62. The predicted octanol–water partition coefficient (Wildman–Crippen LogP) is 1.99. The summed E-state index contributed by atoms with van der Waals surface area (Å²) in [5.41, 5.74) is 2.52. The number of hydrogen-bond acceptors (Lipinski definition) is 3. The van der Waals surface area contributed by atoms with Crippen LogP contribution >= 0.6 is 0 Å². The molecular formula is C15H19NO3S. The first-order valence-electron chi connectivity index (χ1n) is 6.53. The van der Waals surface area contributed by atoms with Crippen LogP contribution in [0.4, 0.5) is 0 Å². The lowest BCUT2D eigenvalue weighted by Gasteiger charge is -2.29. The Kier molecular flexibility index (Phi) is 3.73. The Balaban J connectivity index is 2.54. The van der Waals surface area contributed by atoms with Crippen molar-refractivity contribution in [3.8, 4) is 0 Å². The summed E-state index contributed by atoms with van der Waals surface area (Å²) < 4.78 is 25.4. The van der Waals surface area contributed by atoms with Crippen molar-refractivity contribution in [1.82, 2.24) is 5.32 Å². The molecule has 0 bridgehead atoms. The maximum atomic E-state index is 12.7. The molecule has 0 saturated heterocycles. The minimum Gasteiger partial charge on any atom is -0.348 e. The van der Waals surface area contributed by atoms with Crippen molar-refractivity contribution in [2.75, 3.05) is 0 Å². The highest BCUT2D eigenvalue weighted by atomic mass is 32.2. The first-order valence-corrected chi connectivity index (χ1v) is 8.08. The molecule has 0 aromatic heterocycles. The minimum atomic E-state index is -3.70. The SMILES string of the molecule is CC1=C(C)C(S(=O)(=O)c2ccc(C)cc2)C(=O)NC1C. The zero-order valence-corrected chi connectivity index (χ0v) is 12.9. The van der Waals surface area contributed by atoms with Crippen LogP contribution < -0.4 is 5.32 Å². The van der Waals surface area contributed by atoms with Gasteiger partial charge in [-0.25, -0.2) is 8.42 Å². The molecule has 0 aliphatic carbocycles. The second kappa shape index (κ2) is 5.05. The van der Waals surface area contributed by atoms with Gasteiger partial charge in [0.1, 0.15) is 0 Å². The van der Waals surface area contributed by atoms with Crippen LogP contribution in [0.15, 0.2) is 40.3 Å². The lowest BCUT2D eigenvalue weighted by Crippen LogP contribution is -2.49. The van der Waals surface area contributed by atoms with E-state index in [1.807, 2.05) is 20.8 Å². The van der Waals surface area contributed by atoms with Crippen molar-refractivity contribution in [2.24, 2.45) is 0 Å². The van der Waals surface area contributed by atoms with Crippen molar-refractivity contribution in [3.63, 3.8) is 0 Å². The number of hydrogen-bond donors (Lipinski definition) is 1. The van der Waals surface area contributed by atoms with Gasteiger partial charge in [-0.3, -0.25) is 4.79 Å². The Morgan fingerprint density at radius 1 is 1.00 bits per heavy atom. The molecule has 0 spiro atoms. The van der Waals surface area contributed by atoms with Gasteiger partial charge in [-0.05, 0) is 45.4 Å². The Bertz CT molecular complexity index is 672. The second-order valence-electron chi connectivity index (χ2n) is 5.33. The van der Waals surface area contributed by atoms with Gasteiger partial charge < -0.3 is 5.32 Å². The Morgan fingerprint density at radius 2 is 1.55 bits per heavy atom. The van der Waals surface area contributed by atoms with E-state index < -0.39 is 21.0 Å². The molecule has 20 heavy (non-hydrogen) atoms. The van der Waals surface area contributed by atoms with Gasteiger partial charge in [0.05, 0.1) is 4.90 Å². The van der Waals surface area contributed by atoms with Gasteiger partial charge in [0, 0.05) is 6.04 Å². The van der Waals surface area contributed by atoms with Crippen LogP contribution in [0.25, 0.3) is 0 Å². The van der Waals surface area contributed by atoms with Gasteiger partial charge in [-0.1, -0.05) is 23.3 Å². The third-order valence-corrected chi connectivity index (χ3v) is 6.04. The van der Waals surface area contributed by atoms with Crippen LogP contribution in [0, 0.1) is 6.92 Å². The minimum absolute atomic E-state index is 0.119. The molecule has 1 N–H and O–H groups in total. The van der Waals surface area contributed by atoms with E-state index in [9.17, 15) is 13.2 Å². The van der Waals surface area contributed by atoms with E-state index in [2.05, 4.69) is 5.32 Å². The summed E-state index contributed by atoms with van der Waals surface area (Å²) in [5.74, 6) is -0.443. The highest BCUT2D eigenvalue weighted by Crippen LogP contribution is 2.28. The lowest BCUT2D eigenvalue weighted by atomic mass is 9.97. The maximum Gasteiger partial charge on any atom is 0.243 e. The van der Waals surface area contributed by atoms with Crippen molar-refractivity contribution in [3.05, 3.63) is 41.0 Å². The van der Waals surface area contributed by atoms with Gasteiger partial charge in [-0.2, -0.15) is 0 Å². The lowest BCUT2D eigenvalue weighted by molar-refractivity contribution is -0.120. The molecule has 2 atom stereocenters. The van der Waals surface area contributed by atoms with Gasteiger partial charge in [0.15, 0.2) is 15.1 Å². The maximum absolute atomic E-state index is 12.7. The van der Waals surface area contributed by atoms with Crippen molar-refractivity contribution >= 4 is 15.7 Å². The predicted molar refractivity (Wildman–Crippen MR) is 78.1 cm³/mol. The van der Waals surface area contributed by atoms with Crippen LogP contribution in [-0.2, 0) is 14.6 Å². The van der Waals surface area contributed by atoms with E-state index in [0.717, 1.165) is 11.1 Å². The number of nitrogens with one attached hydrogen (secondary N) is 1. The molecule has 2 rings (SSSR count). The Labute approximate surface area is 119 Å². The third kappa shape index (κ3) is 2.38. The largest absolute Gasteiger partial charge is 0.348 e. The van der Waals surface area contributed by atoms with E-state index in [1.165, 1.54) is 0 Å². The standard InChI is InChI=1S/C15H19NO3S/c1-9-5-7-13(8-6-9)20(18,19)14-11(3)10(2)12(4)16-15(14)17/h5-8,12,14H,1-4H3,(H,16,17). The fourth-order valence-electron chi connectivity index (χ4n) is 2.38. The summed E-state index contributed by atoms with van der Waals surface area (Å²) in [5, 5.41) is 1.60. The summed E-state index contributed by atoms with van der Waals surface area (Å²) in [6.45, 7) is 7.32. The number of sulfone groups is 1. The zero-order valence-electron chi connectivity index (χ0n) is 12.1. The van der Waals surface area contributed by atoms with Crippen LogP contribution in [0.5, 0.6) is 0 Å². The third-order valence-electron chi connectivity index (χ3n) is 3.92. The smallest absolute Gasteiger partial charge is 0.243 e. The van der Waals surface area contributed by atoms with Crippen LogP contribution in [0.1, 0.15) is 26.3 Å². The normalized spacial score (nSPS) is 23.7. The summed E-state index contributed by atoms with van der Waals surface area (Å²) in [6, 6.07) is 6.47. The summed E-state index contributed by atoms with van der Waals surface area (Å²) in [7, 11) is -3.70. The van der Waals surface area contributed by atoms with E-state index in [4.69, 9.17) is 0 Å².